The molecule has 8 heteroatoms. The van der Waals surface area contributed by atoms with Gasteiger partial charge in [0.1, 0.15) is 28.9 Å². The molecule has 34 heavy (non-hydrogen) atoms. The van der Waals surface area contributed by atoms with Gasteiger partial charge in [0, 0.05) is 11.3 Å². The topological polar surface area (TPSA) is 108 Å². The van der Waals surface area contributed by atoms with Gasteiger partial charge in [-0.3, -0.25) is 9.69 Å². The van der Waals surface area contributed by atoms with Gasteiger partial charge in [-0.25, -0.2) is 9.59 Å². The van der Waals surface area contributed by atoms with E-state index in [1.54, 1.807) is 36.4 Å². The Kier molecular flexibility index (Phi) is 5.86. The molecule has 2 aliphatic heterocycles. The second kappa shape index (κ2) is 8.79. The van der Waals surface area contributed by atoms with Crippen LogP contribution in [0.4, 0.5) is 5.69 Å². The molecule has 4 rings (SSSR count). The van der Waals surface area contributed by atoms with Gasteiger partial charge in [0.25, 0.3) is 0 Å². The normalized spacial score (nSPS) is 19.0. The molecule has 0 aliphatic carbocycles. The molecular formula is C26H22N2O6. The maximum absolute atomic E-state index is 14.1. The highest BCUT2D eigenvalue weighted by Gasteiger charge is 2.63. The molecule has 8 nitrogen and oxygen atoms in total. The number of rotatable bonds is 5. The Morgan fingerprint density at radius 1 is 1.09 bits per heavy atom. The number of carbonyl (C=O) groups excluding carboxylic acids is 3. The third-order valence-electron chi connectivity index (χ3n) is 5.83. The molecule has 0 radical (unpaired) electrons. The number of benzene rings is 2. The molecule has 1 unspecified atom stereocenters. The van der Waals surface area contributed by atoms with Crippen molar-refractivity contribution in [3.8, 4) is 12.3 Å². The van der Waals surface area contributed by atoms with Crippen LogP contribution in [0.5, 0.6) is 0 Å². The lowest BCUT2D eigenvalue weighted by Gasteiger charge is -2.36. The Morgan fingerprint density at radius 2 is 1.76 bits per heavy atom. The Balaban J connectivity index is 1.93. The van der Waals surface area contributed by atoms with Gasteiger partial charge < -0.3 is 19.9 Å². The van der Waals surface area contributed by atoms with Crippen LogP contribution < -0.4 is 10.6 Å². The number of methoxy groups -OCH3 is 1. The lowest BCUT2D eigenvalue weighted by molar-refractivity contribution is -0.143. The fourth-order valence-electron chi connectivity index (χ4n) is 4.47. The minimum atomic E-state index is -1.94. The monoisotopic (exact) mass is 458 g/mol. The molecule has 0 bridgehead atoms. The second-order valence-corrected chi connectivity index (χ2v) is 7.69. The summed E-state index contributed by atoms with van der Waals surface area (Å²) in [5.41, 5.74) is 5.27. The van der Waals surface area contributed by atoms with Gasteiger partial charge in [-0.15, -0.1) is 6.42 Å². The number of anilines is 1. The fraction of sp³-hybridized carbons (Fsp3) is 0.192. The highest BCUT2D eigenvalue weighted by Crippen LogP contribution is 2.54. The van der Waals surface area contributed by atoms with Gasteiger partial charge in [0.15, 0.2) is 0 Å². The summed E-state index contributed by atoms with van der Waals surface area (Å²) in [6.07, 6.45) is 5.53. The highest BCUT2D eigenvalue weighted by atomic mass is 16.5. The summed E-state index contributed by atoms with van der Waals surface area (Å²) in [5, 5.41) is 0. The maximum atomic E-state index is 14.1. The zero-order chi connectivity index (χ0) is 24.5. The summed E-state index contributed by atoms with van der Waals surface area (Å²) in [6, 6.07) is 15.8. The zero-order valence-corrected chi connectivity index (χ0v) is 18.7. The van der Waals surface area contributed by atoms with Gasteiger partial charge >= 0.3 is 11.9 Å². The Bertz CT molecular complexity index is 1290. The molecule has 0 aromatic heterocycles. The smallest absolute Gasteiger partial charge is 0.340 e. The highest BCUT2D eigenvalue weighted by molar-refractivity contribution is 6.22. The number of allylic oxidation sites excluding steroid dienone is 1. The first-order chi connectivity index (χ1) is 16.4. The molecule has 172 valence electrons. The van der Waals surface area contributed by atoms with E-state index < -0.39 is 23.3 Å². The Labute approximate surface area is 196 Å². The van der Waals surface area contributed by atoms with Crippen molar-refractivity contribution in [2.45, 2.75) is 18.9 Å². The third kappa shape index (κ3) is 3.30. The van der Waals surface area contributed by atoms with Crippen LogP contribution in [0.3, 0.4) is 0 Å². The molecular weight excluding hydrogens is 436 g/mol. The van der Waals surface area contributed by atoms with Crippen molar-refractivity contribution < 1.29 is 28.6 Å². The predicted molar refractivity (Wildman–Crippen MR) is 123 cm³/mol. The van der Waals surface area contributed by atoms with Gasteiger partial charge in [0.2, 0.25) is 11.8 Å². The number of hydrogen-bond acceptors (Lipinski definition) is 7. The van der Waals surface area contributed by atoms with Crippen molar-refractivity contribution in [1.29, 1.82) is 0 Å². The lowest BCUT2D eigenvalue weighted by atomic mass is 9.67. The minimum absolute atomic E-state index is 0.0360. The van der Waals surface area contributed by atoms with E-state index in [2.05, 4.69) is 5.92 Å². The van der Waals surface area contributed by atoms with Crippen molar-refractivity contribution in [3.63, 3.8) is 0 Å². The minimum Gasteiger partial charge on any atom is -0.465 e. The Morgan fingerprint density at radius 3 is 2.44 bits per heavy atom. The average molecular weight is 458 g/mol. The van der Waals surface area contributed by atoms with Gasteiger partial charge in [-0.2, -0.15) is 0 Å². The molecule has 1 atom stereocenters. The number of esters is 2. The van der Waals surface area contributed by atoms with Crippen molar-refractivity contribution in [3.05, 3.63) is 88.5 Å². The molecule has 1 spiro atoms. The van der Waals surface area contributed by atoms with Crippen LogP contribution in [-0.2, 0) is 40.6 Å². The average Bonchev–Trinajstić information content (AvgIpc) is 3.07. The number of fused-ring (bicyclic) bond motifs is 2. The summed E-state index contributed by atoms with van der Waals surface area (Å²) >= 11 is 0. The van der Waals surface area contributed by atoms with E-state index in [4.69, 9.17) is 26.4 Å². The summed E-state index contributed by atoms with van der Waals surface area (Å²) in [7, 11) is 1.15. The number of nitrogens with zero attached hydrogens (tertiary/aromatic N) is 1. The SMILES string of the molecule is C#CCN1C(=O)C2(C(C(=O)OCc3ccccc3)=C(C)OC(N)=C2C(=O)OC)c2ccccc21. The van der Waals surface area contributed by atoms with Gasteiger partial charge in [-0.1, -0.05) is 54.5 Å². The number of nitrogens with two attached hydrogens (primary N) is 1. The molecule has 2 heterocycles. The van der Waals surface area contributed by atoms with Crippen LogP contribution in [0.2, 0.25) is 0 Å². The molecule has 0 fully saturated rings. The summed E-state index contributed by atoms with van der Waals surface area (Å²) in [4.78, 5) is 41.9. The molecule has 0 saturated heterocycles. The summed E-state index contributed by atoms with van der Waals surface area (Å²) in [5.74, 6) is -0.216. The van der Waals surface area contributed by atoms with E-state index in [9.17, 15) is 14.4 Å². The lowest BCUT2D eigenvalue weighted by Crippen LogP contribution is -2.50. The van der Waals surface area contributed by atoms with Crippen LogP contribution in [0, 0.1) is 12.3 Å². The number of para-hydroxylation sites is 1. The molecule has 2 aromatic carbocycles. The Hall–Kier alpha value is -4.51. The molecule has 2 N–H and O–H groups in total. The van der Waals surface area contributed by atoms with Crippen molar-refractivity contribution >= 4 is 23.5 Å². The molecule has 0 saturated carbocycles. The number of terminal acetylenes is 1. The van der Waals surface area contributed by atoms with Gasteiger partial charge in [-0.05, 0) is 18.6 Å². The number of carbonyl (C=O) groups is 3. The first kappa shape index (κ1) is 22.7. The summed E-state index contributed by atoms with van der Waals surface area (Å²) < 4.78 is 16.1. The largest absolute Gasteiger partial charge is 0.465 e. The van der Waals surface area contributed by atoms with E-state index >= 15 is 0 Å². The fourth-order valence-corrected chi connectivity index (χ4v) is 4.47. The number of amides is 1. The third-order valence-corrected chi connectivity index (χ3v) is 5.83. The van der Waals surface area contributed by atoms with E-state index in [1.165, 1.54) is 11.8 Å². The summed E-state index contributed by atoms with van der Waals surface area (Å²) in [6.45, 7) is 1.35. The van der Waals surface area contributed by atoms with E-state index in [0.29, 0.717) is 11.3 Å². The first-order valence-corrected chi connectivity index (χ1v) is 10.4. The molecule has 2 aliphatic rings. The standard InChI is InChI=1S/C26H22N2O6/c1-4-14-28-19-13-9-8-12-18(19)26(25(28)31)20(16(2)34-22(27)21(26)23(29)32-3)24(30)33-15-17-10-6-5-7-11-17/h1,5-13H,14-15,27H2,2-3H3. The number of ether oxygens (including phenoxy) is 3. The first-order valence-electron chi connectivity index (χ1n) is 10.4. The zero-order valence-electron chi connectivity index (χ0n) is 18.7. The van der Waals surface area contributed by atoms with Crippen LogP contribution in [0.1, 0.15) is 18.1 Å². The van der Waals surface area contributed by atoms with Crippen molar-refractivity contribution in [2.75, 3.05) is 18.6 Å². The quantitative estimate of drug-likeness (QED) is 0.541. The second-order valence-electron chi connectivity index (χ2n) is 7.69. The van der Waals surface area contributed by atoms with Crippen LogP contribution in [0.15, 0.2) is 77.4 Å². The van der Waals surface area contributed by atoms with Gasteiger partial charge in [0.05, 0.1) is 13.7 Å². The van der Waals surface area contributed by atoms with E-state index in [-0.39, 0.29) is 35.9 Å². The van der Waals surface area contributed by atoms with Crippen molar-refractivity contribution in [1.82, 2.24) is 0 Å². The van der Waals surface area contributed by atoms with Crippen LogP contribution >= 0.6 is 0 Å². The molecule has 2 aromatic rings. The van der Waals surface area contributed by atoms with Crippen LogP contribution in [-0.4, -0.2) is 31.5 Å². The van der Waals surface area contributed by atoms with Crippen LogP contribution in [0.25, 0.3) is 0 Å². The van der Waals surface area contributed by atoms with Crippen molar-refractivity contribution in [2.24, 2.45) is 5.73 Å². The number of hydrogen-bond donors (Lipinski definition) is 1. The maximum Gasteiger partial charge on any atom is 0.340 e. The van der Waals surface area contributed by atoms with E-state index in [1.807, 2.05) is 18.2 Å². The predicted octanol–water partition coefficient (Wildman–Crippen LogP) is 2.30. The molecule has 1 amide bonds. The van der Waals surface area contributed by atoms with E-state index in [0.717, 1.165) is 12.7 Å².